The molecule has 7 heteroatoms. The molecule has 0 saturated carbocycles. The topological polar surface area (TPSA) is 97.6 Å². The Balaban J connectivity index is 2.83. The number of Topliss-reactive ketones (excluding diaryl/α,β-unsaturated/α-hetero) is 1. The van der Waals surface area contributed by atoms with Gasteiger partial charge in [0.05, 0.1) is 12.3 Å². The van der Waals surface area contributed by atoms with E-state index in [9.17, 15) is 19.6 Å². The summed E-state index contributed by atoms with van der Waals surface area (Å²) in [6.07, 6.45) is 0.120. The molecule has 7 nitrogen and oxygen atoms in total. The number of hydrogen-bond acceptors (Lipinski definition) is 5. The molecule has 0 atom stereocenters. The van der Waals surface area contributed by atoms with Gasteiger partial charge in [0.2, 0.25) is 0 Å². The number of aldehydes is 1. The van der Waals surface area contributed by atoms with Gasteiger partial charge in [0.1, 0.15) is 5.69 Å². The van der Waals surface area contributed by atoms with Crippen LogP contribution in [0.4, 0.5) is 4.79 Å². The highest BCUT2D eigenvalue weighted by Crippen LogP contribution is 2.21. The second-order valence-electron chi connectivity index (χ2n) is 6.08. The molecule has 0 radical (unpaired) electrons. The first kappa shape index (κ1) is 17.7. The minimum Gasteiger partial charge on any atom is -0.449 e. The lowest BCUT2D eigenvalue weighted by molar-refractivity contribution is 0.0948. The molecular formula is C15H22N2O5. The number of carbonyl (C=O) groups excluding carboxylic acids is 3. The summed E-state index contributed by atoms with van der Waals surface area (Å²) in [5, 5.41) is 12.7. The van der Waals surface area contributed by atoms with Crippen LogP contribution in [-0.4, -0.2) is 40.2 Å². The Labute approximate surface area is 129 Å². The second kappa shape index (κ2) is 6.64. The second-order valence-corrected chi connectivity index (χ2v) is 6.08. The van der Waals surface area contributed by atoms with Gasteiger partial charge in [0.25, 0.3) is 0 Å². The summed E-state index contributed by atoms with van der Waals surface area (Å²) in [4.78, 5) is 34.2. The summed E-state index contributed by atoms with van der Waals surface area (Å²) in [6, 6.07) is 0. The van der Waals surface area contributed by atoms with Crippen LogP contribution in [0, 0.1) is 6.92 Å². The van der Waals surface area contributed by atoms with E-state index in [0.29, 0.717) is 16.6 Å². The van der Waals surface area contributed by atoms with Crippen LogP contribution in [0.1, 0.15) is 59.8 Å². The molecule has 0 aliphatic rings. The third-order valence-corrected chi connectivity index (χ3v) is 3.04. The van der Waals surface area contributed by atoms with Crippen LogP contribution in [-0.2, 0) is 11.2 Å². The Bertz CT molecular complexity index is 596. The molecule has 122 valence electrons. The molecule has 0 spiro atoms. The third kappa shape index (κ3) is 4.09. The highest BCUT2D eigenvalue weighted by atomic mass is 16.5. The lowest BCUT2D eigenvalue weighted by Crippen LogP contribution is -2.41. The van der Waals surface area contributed by atoms with Gasteiger partial charge in [-0.25, -0.2) is 4.79 Å². The zero-order chi connectivity index (χ0) is 17.1. The number of rotatable bonds is 5. The molecule has 0 bridgehead atoms. The predicted octanol–water partition coefficient (Wildman–Crippen LogP) is 2.12. The third-order valence-electron chi connectivity index (χ3n) is 3.04. The Kier molecular flexibility index (Phi) is 5.35. The van der Waals surface area contributed by atoms with Gasteiger partial charge in [-0.1, -0.05) is 0 Å². The van der Waals surface area contributed by atoms with E-state index >= 15 is 0 Å². The summed E-state index contributed by atoms with van der Waals surface area (Å²) in [5.41, 5.74) is 0.560. The number of nitrogens with zero attached hydrogens (tertiary/aromatic N) is 1. The molecule has 1 aromatic heterocycles. The van der Waals surface area contributed by atoms with Crippen molar-refractivity contribution in [3.8, 4) is 0 Å². The molecule has 2 N–H and O–H groups in total. The Hall–Kier alpha value is -2.31. The zero-order valence-electron chi connectivity index (χ0n) is 13.5. The fourth-order valence-corrected chi connectivity index (χ4v) is 2.14. The summed E-state index contributed by atoms with van der Waals surface area (Å²) < 4.78 is 5.71. The standard InChI is InChI=1S/C15H22N2O5/c1-9-11(8-18)12(17(21)13(9)10(2)19)6-7-22-14(20)16-15(3,4)5/h8,21H,6-7H2,1-5H3,(H,16,20). The van der Waals surface area contributed by atoms with Crippen molar-refractivity contribution >= 4 is 18.2 Å². The van der Waals surface area contributed by atoms with Crippen molar-refractivity contribution in [3.63, 3.8) is 0 Å². The van der Waals surface area contributed by atoms with Gasteiger partial charge in [-0.05, 0) is 33.3 Å². The molecule has 1 amide bonds. The minimum atomic E-state index is -0.584. The van der Waals surface area contributed by atoms with Crippen molar-refractivity contribution in [2.45, 2.75) is 46.6 Å². The van der Waals surface area contributed by atoms with Crippen LogP contribution >= 0.6 is 0 Å². The first-order chi connectivity index (χ1) is 10.1. The maximum Gasteiger partial charge on any atom is 0.407 e. The number of amides is 1. The van der Waals surface area contributed by atoms with Crippen LogP contribution < -0.4 is 5.32 Å². The Morgan fingerprint density at radius 3 is 2.41 bits per heavy atom. The summed E-state index contributed by atoms with van der Waals surface area (Å²) >= 11 is 0. The number of ether oxygens (including phenoxy) is 1. The van der Waals surface area contributed by atoms with E-state index in [1.165, 1.54) is 6.92 Å². The molecule has 0 aliphatic heterocycles. The molecule has 0 saturated heterocycles. The van der Waals surface area contributed by atoms with Crippen molar-refractivity contribution in [2.24, 2.45) is 0 Å². The normalized spacial score (nSPS) is 11.1. The van der Waals surface area contributed by atoms with E-state index in [0.717, 1.165) is 0 Å². The zero-order valence-corrected chi connectivity index (χ0v) is 13.5. The SMILES string of the molecule is CC(=O)c1c(C)c(C=O)c(CCOC(=O)NC(C)(C)C)n1O. The highest BCUT2D eigenvalue weighted by Gasteiger charge is 2.22. The molecule has 22 heavy (non-hydrogen) atoms. The van der Waals surface area contributed by atoms with E-state index in [1.54, 1.807) is 6.92 Å². The van der Waals surface area contributed by atoms with Gasteiger partial charge >= 0.3 is 6.09 Å². The van der Waals surface area contributed by atoms with Crippen molar-refractivity contribution in [3.05, 3.63) is 22.5 Å². The molecule has 1 heterocycles. The molecule has 1 aromatic rings. The van der Waals surface area contributed by atoms with Crippen molar-refractivity contribution in [1.82, 2.24) is 10.0 Å². The number of carbonyl (C=O) groups is 3. The predicted molar refractivity (Wildman–Crippen MR) is 79.7 cm³/mol. The Morgan fingerprint density at radius 2 is 1.95 bits per heavy atom. The monoisotopic (exact) mass is 310 g/mol. The molecule has 0 unspecified atom stereocenters. The van der Waals surface area contributed by atoms with Crippen LogP contribution in [0.5, 0.6) is 0 Å². The summed E-state index contributed by atoms with van der Waals surface area (Å²) in [5.74, 6) is -0.347. The van der Waals surface area contributed by atoms with Crippen LogP contribution in [0.2, 0.25) is 0 Å². The molecule has 0 aliphatic carbocycles. The fraction of sp³-hybridized carbons (Fsp3) is 0.533. The van der Waals surface area contributed by atoms with E-state index in [1.807, 2.05) is 20.8 Å². The average Bonchev–Trinajstić information content (AvgIpc) is 2.58. The van der Waals surface area contributed by atoms with Gasteiger partial charge in [0, 0.05) is 24.4 Å². The number of alkyl carbamates (subject to hydrolysis) is 1. The lowest BCUT2D eigenvalue weighted by atomic mass is 10.1. The van der Waals surface area contributed by atoms with Gasteiger partial charge < -0.3 is 15.3 Å². The number of hydrogen-bond donors (Lipinski definition) is 2. The van der Waals surface area contributed by atoms with E-state index in [-0.39, 0.29) is 35.8 Å². The van der Waals surface area contributed by atoms with Gasteiger partial charge in [0.15, 0.2) is 12.1 Å². The first-order valence-corrected chi connectivity index (χ1v) is 6.93. The summed E-state index contributed by atoms with van der Waals surface area (Å²) in [7, 11) is 0. The average molecular weight is 310 g/mol. The molecular weight excluding hydrogens is 288 g/mol. The van der Waals surface area contributed by atoms with Crippen LogP contribution in [0.3, 0.4) is 0 Å². The van der Waals surface area contributed by atoms with E-state index in [2.05, 4.69) is 5.32 Å². The smallest absolute Gasteiger partial charge is 0.407 e. The van der Waals surface area contributed by atoms with Gasteiger partial charge in [-0.15, -0.1) is 0 Å². The van der Waals surface area contributed by atoms with Crippen LogP contribution in [0.15, 0.2) is 0 Å². The molecule has 0 aromatic carbocycles. The molecule has 0 fully saturated rings. The summed E-state index contributed by atoms with van der Waals surface area (Å²) in [6.45, 7) is 8.33. The fourth-order valence-electron chi connectivity index (χ4n) is 2.14. The van der Waals surface area contributed by atoms with Crippen LogP contribution in [0.25, 0.3) is 0 Å². The number of aromatic nitrogens is 1. The molecule has 1 rings (SSSR count). The van der Waals surface area contributed by atoms with E-state index in [4.69, 9.17) is 4.74 Å². The maximum atomic E-state index is 11.5. The largest absolute Gasteiger partial charge is 0.449 e. The van der Waals surface area contributed by atoms with Crippen molar-refractivity contribution in [1.29, 1.82) is 0 Å². The first-order valence-electron chi connectivity index (χ1n) is 6.93. The Morgan fingerprint density at radius 1 is 1.36 bits per heavy atom. The lowest BCUT2D eigenvalue weighted by Gasteiger charge is -2.19. The van der Waals surface area contributed by atoms with E-state index < -0.39 is 11.6 Å². The van der Waals surface area contributed by atoms with Gasteiger partial charge in [-0.3, -0.25) is 9.59 Å². The maximum absolute atomic E-state index is 11.5. The highest BCUT2D eigenvalue weighted by molar-refractivity contribution is 5.97. The van der Waals surface area contributed by atoms with Crippen molar-refractivity contribution in [2.75, 3.05) is 6.61 Å². The minimum absolute atomic E-state index is 0.0237. The van der Waals surface area contributed by atoms with Crippen molar-refractivity contribution < 1.29 is 24.3 Å². The quantitative estimate of drug-likeness (QED) is 0.493. The number of nitrogens with one attached hydrogen (secondary N) is 1. The number of ketones is 1. The van der Waals surface area contributed by atoms with Gasteiger partial charge in [-0.2, -0.15) is 4.73 Å².